The minimum Gasteiger partial charge on any atom is -0.393 e. The molecule has 0 radical (unpaired) electrons. The number of nitrogens with two attached hydrogens (primary N) is 1. The molecule has 0 spiro atoms. The van der Waals surface area contributed by atoms with Gasteiger partial charge in [-0.2, -0.15) is 0 Å². The zero-order valence-corrected chi connectivity index (χ0v) is 10.5. The van der Waals surface area contributed by atoms with Crippen molar-refractivity contribution in [3.63, 3.8) is 0 Å². The van der Waals surface area contributed by atoms with E-state index in [4.69, 9.17) is 5.73 Å². The van der Waals surface area contributed by atoms with Crippen LogP contribution in [0.2, 0.25) is 0 Å². The first-order valence-corrected chi connectivity index (χ1v) is 6.23. The molecule has 2 rings (SSSR count). The van der Waals surface area contributed by atoms with Crippen LogP contribution in [0.1, 0.15) is 31.2 Å². The topological polar surface area (TPSA) is 46.2 Å². The third kappa shape index (κ3) is 2.29. The molecule has 1 aliphatic carbocycles. The largest absolute Gasteiger partial charge is 0.393 e. The summed E-state index contributed by atoms with van der Waals surface area (Å²) in [4.78, 5) is 0. The van der Waals surface area contributed by atoms with Crippen molar-refractivity contribution in [3.8, 4) is 0 Å². The van der Waals surface area contributed by atoms with Gasteiger partial charge in [0.1, 0.15) is 5.82 Å². The average Bonchev–Trinajstić information content (AvgIpc) is 2.26. The first-order valence-electron chi connectivity index (χ1n) is 5.44. The summed E-state index contributed by atoms with van der Waals surface area (Å²) < 4.78 is 14.1. The molecule has 2 nitrogen and oxygen atoms in total. The highest BCUT2D eigenvalue weighted by Gasteiger charge is 2.34. The van der Waals surface area contributed by atoms with E-state index in [1.54, 1.807) is 6.07 Å². The number of aliphatic hydroxyl groups excluding tert-OH is 1. The summed E-state index contributed by atoms with van der Waals surface area (Å²) in [5.41, 5.74) is 6.60. The van der Waals surface area contributed by atoms with E-state index >= 15 is 0 Å². The normalized spacial score (nSPS) is 30.4. The second-order valence-electron chi connectivity index (χ2n) is 4.51. The lowest BCUT2D eigenvalue weighted by Gasteiger charge is -2.36. The van der Waals surface area contributed by atoms with Gasteiger partial charge in [-0.15, -0.1) is 0 Å². The van der Waals surface area contributed by atoms with Crippen molar-refractivity contribution >= 4 is 15.9 Å². The molecular formula is C12H15BrFNO. The van der Waals surface area contributed by atoms with Crippen LogP contribution in [0.3, 0.4) is 0 Å². The predicted octanol–water partition coefficient (Wildman–Crippen LogP) is 2.68. The molecule has 1 aromatic rings. The Kier molecular flexibility index (Phi) is 3.33. The quantitative estimate of drug-likeness (QED) is 0.834. The van der Waals surface area contributed by atoms with Gasteiger partial charge in [-0.25, -0.2) is 4.39 Å². The Bertz CT molecular complexity index is 389. The molecule has 0 aliphatic heterocycles. The SMILES string of the molecule is NC1(c2cc(F)ccc2Br)CCC(O)CC1. The minimum atomic E-state index is -0.514. The summed E-state index contributed by atoms with van der Waals surface area (Å²) in [5, 5.41) is 9.47. The molecule has 4 heteroatoms. The van der Waals surface area contributed by atoms with Gasteiger partial charge >= 0.3 is 0 Å². The van der Waals surface area contributed by atoms with E-state index in [0.717, 1.165) is 10.0 Å². The third-order valence-electron chi connectivity index (χ3n) is 3.31. The summed E-state index contributed by atoms with van der Waals surface area (Å²) in [5.74, 6) is -0.269. The van der Waals surface area contributed by atoms with Crippen LogP contribution in [0.15, 0.2) is 22.7 Å². The maximum Gasteiger partial charge on any atom is 0.123 e. The molecule has 1 fully saturated rings. The van der Waals surface area contributed by atoms with Crippen LogP contribution in [-0.2, 0) is 5.54 Å². The Morgan fingerprint density at radius 2 is 2.00 bits per heavy atom. The lowest BCUT2D eigenvalue weighted by Crippen LogP contribution is -2.42. The summed E-state index contributed by atoms with van der Waals surface area (Å²) >= 11 is 3.41. The zero-order chi connectivity index (χ0) is 11.8. The average molecular weight is 288 g/mol. The number of hydrogen-bond acceptors (Lipinski definition) is 2. The maximum absolute atomic E-state index is 13.2. The highest BCUT2D eigenvalue weighted by molar-refractivity contribution is 9.10. The van der Waals surface area contributed by atoms with E-state index < -0.39 is 5.54 Å². The first kappa shape index (κ1) is 12.0. The van der Waals surface area contributed by atoms with Crippen LogP contribution in [0.4, 0.5) is 4.39 Å². The number of hydrogen-bond donors (Lipinski definition) is 2. The van der Waals surface area contributed by atoms with Crippen LogP contribution in [0.5, 0.6) is 0 Å². The Hall–Kier alpha value is -0.450. The lowest BCUT2D eigenvalue weighted by molar-refractivity contribution is 0.0966. The Balaban J connectivity index is 2.32. The highest BCUT2D eigenvalue weighted by Crippen LogP contribution is 2.38. The van der Waals surface area contributed by atoms with E-state index in [1.165, 1.54) is 12.1 Å². The smallest absolute Gasteiger partial charge is 0.123 e. The molecule has 1 aliphatic rings. The fraction of sp³-hybridized carbons (Fsp3) is 0.500. The summed E-state index contributed by atoms with van der Waals surface area (Å²) in [6.07, 6.45) is 2.48. The summed E-state index contributed by atoms with van der Waals surface area (Å²) in [6.45, 7) is 0. The highest BCUT2D eigenvalue weighted by atomic mass is 79.9. The molecule has 0 unspecified atom stereocenters. The van der Waals surface area contributed by atoms with Gasteiger partial charge in [0.2, 0.25) is 0 Å². The van der Waals surface area contributed by atoms with Gasteiger partial charge in [0.15, 0.2) is 0 Å². The molecule has 0 bridgehead atoms. The van der Waals surface area contributed by atoms with E-state index in [2.05, 4.69) is 15.9 Å². The molecule has 16 heavy (non-hydrogen) atoms. The van der Waals surface area contributed by atoms with Crippen molar-refractivity contribution in [1.82, 2.24) is 0 Å². The fourth-order valence-corrected chi connectivity index (χ4v) is 2.91. The van der Waals surface area contributed by atoms with Crippen LogP contribution in [0, 0.1) is 5.82 Å². The van der Waals surface area contributed by atoms with Crippen LogP contribution < -0.4 is 5.73 Å². The second-order valence-corrected chi connectivity index (χ2v) is 5.37. The standard InChI is InChI=1S/C12H15BrFNO/c13-11-2-1-8(14)7-10(11)12(15)5-3-9(16)4-6-12/h1-2,7,9,16H,3-6,15H2. The van der Waals surface area contributed by atoms with Crippen molar-refractivity contribution in [2.45, 2.75) is 37.3 Å². The maximum atomic E-state index is 13.2. The van der Waals surface area contributed by atoms with Crippen LogP contribution in [0.25, 0.3) is 0 Å². The number of aliphatic hydroxyl groups is 1. The first-order chi connectivity index (χ1) is 7.51. The van der Waals surface area contributed by atoms with E-state index in [1.807, 2.05) is 0 Å². The van der Waals surface area contributed by atoms with Crippen molar-refractivity contribution in [1.29, 1.82) is 0 Å². The van der Waals surface area contributed by atoms with Gasteiger partial charge in [0.05, 0.1) is 6.10 Å². The van der Waals surface area contributed by atoms with Crippen molar-refractivity contribution in [2.75, 3.05) is 0 Å². The summed E-state index contributed by atoms with van der Waals surface area (Å²) in [6, 6.07) is 4.58. The molecule has 0 saturated heterocycles. The lowest BCUT2D eigenvalue weighted by atomic mass is 9.76. The number of rotatable bonds is 1. The predicted molar refractivity (Wildman–Crippen MR) is 64.4 cm³/mol. The molecule has 3 N–H and O–H groups in total. The monoisotopic (exact) mass is 287 g/mol. The van der Waals surface area contributed by atoms with Crippen molar-refractivity contribution in [2.24, 2.45) is 5.73 Å². The van der Waals surface area contributed by atoms with Crippen LogP contribution in [-0.4, -0.2) is 11.2 Å². The van der Waals surface area contributed by atoms with Crippen molar-refractivity contribution < 1.29 is 9.50 Å². The molecule has 0 aromatic heterocycles. The number of halogens is 2. The summed E-state index contributed by atoms with van der Waals surface area (Å²) in [7, 11) is 0. The minimum absolute atomic E-state index is 0.260. The van der Waals surface area contributed by atoms with E-state index in [9.17, 15) is 9.50 Å². The molecule has 1 saturated carbocycles. The van der Waals surface area contributed by atoms with Gasteiger partial charge in [-0.05, 0) is 49.4 Å². The molecule has 0 heterocycles. The van der Waals surface area contributed by atoms with Gasteiger partial charge in [0, 0.05) is 10.0 Å². The van der Waals surface area contributed by atoms with Crippen LogP contribution >= 0.6 is 15.9 Å². The molecular weight excluding hydrogens is 273 g/mol. The molecule has 0 atom stereocenters. The Morgan fingerprint density at radius 1 is 1.38 bits per heavy atom. The van der Waals surface area contributed by atoms with Gasteiger partial charge < -0.3 is 10.8 Å². The fourth-order valence-electron chi connectivity index (χ4n) is 2.27. The van der Waals surface area contributed by atoms with Gasteiger partial charge in [0.25, 0.3) is 0 Å². The van der Waals surface area contributed by atoms with E-state index in [-0.39, 0.29) is 11.9 Å². The Labute approximate surface area is 103 Å². The molecule has 0 amide bonds. The second kappa shape index (κ2) is 4.43. The van der Waals surface area contributed by atoms with Gasteiger partial charge in [-0.1, -0.05) is 15.9 Å². The van der Waals surface area contributed by atoms with Gasteiger partial charge in [-0.3, -0.25) is 0 Å². The molecule has 88 valence electrons. The number of benzene rings is 1. The zero-order valence-electron chi connectivity index (χ0n) is 8.92. The van der Waals surface area contributed by atoms with Crippen molar-refractivity contribution in [3.05, 3.63) is 34.1 Å². The molecule has 1 aromatic carbocycles. The Morgan fingerprint density at radius 3 is 2.62 bits per heavy atom. The van der Waals surface area contributed by atoms with E-state index in [0.29, 0.717) is 25.7 Å². The third-order valence-corrected chi connectivity index (χ3v) is 4.00.